The number of imidazole rings is 1. The van der Waals surface area contributed by atoms with Crippen LogP contribution in [0.25, 0.3) is 5.65 Å². The van der Waals surface area contributed by atoms with Crippen molar-refractivity contribution in [2.45, 2.75) is 19.3 Å². The highest BCUT2D eigenvalue weighted by molar-refractivity contribution is 5.80. The highest BCUT2D eigenvalue weighted by Gasteiger charge is 2.32. The van der Waals surface area contributed by atoms with E-state index >= 15 is 0 Å². The number of pyridine rings is 2. The van der Waals surface area contributed by atoms with Crippen LogP contribution in [0, 0.1) is 5.92 Å². The molecule has 1 fully saturated rings. The lowest BCUT2D eigenvalue weighted by Crippen LogP contribution is -2.51. The van der Waals surface area contributed by atoms with Crippen LogP contribution in [0.1, 0.15) is 17.8 Å². The summed E-state index contributed by atoms with van der Waals surface area (Å²) in [5, 5.41) is 0. The molecule has 3 aromatic heterocycles. The quantitative estimate of drug-likeness (QED) is 0.702. The van der Waals surface area contributed by atoms with Gasteiger partial charge in [0.2, 0.25) is 5.91 Å². The van der Waals surface area contributed by atoms with Crippen molar-refractivity contribution < 1.29 is 4.79 Å². The van der Waals surface area contributed by atoms with Crippen LogP contribution in [-0.2, 0) is 17.6 Å². The number of anilines is 1. The number of aryl methyl sites for hydroxylation is 1. The summed E-state index contributed by atoms with van der Waals surface area (Å²) in [5.41, 5.74) is 3.35. The van der Waals surface area contributed by atoms with Gasteiger partial charge in [0.25, 0.3) is 0 Å². The van der Waals surface area contributed by atoms with E-state index in [0.717, 1.165) is 62.6 Å². The maximum absolute atomic E-state index is 13.1. The van der Waals surface area contributed by atoms with E-state index in [9.17, 15) is 4.79 Å². The van der Waals surface area contributed by atoms with Crippen LogP contribution in [0.4, 0.5) is 5.82 Å². The van der Waals surface area contributed by atoms with Crippen molar-refractivity contribution in [1.29, 1.82) is 0 Å². The Labute approximate surface area is 158 Å². The van der Waals surface area contributed by atoms with Gasteiger partial charge in [-0.1, -0.05) is 12.1 Å². The van der Waals surface area contributed by atoms with Gasteiger partial charge < -0.3 is 14.2 Å². The Morgan fingerprint density at radius 1 is 1.04 bits per heavy atom. The van der Waals surface area contributed by atoms with E-state index in [1.807, 2.05) is 47.5 Å². The van der Waals surface area contributed by atoms with Crippen LogP contribution in [0.15, 0.2) is 48.8 Å². The van der Waals surface area contributed by atoms with Crippen molar-refractivity contribution in [3.63, 3.8) is 0 Å². The second-order valence-corrected chi connectivity index (χ2v) is 7.37. The van der Waals surface area contributed by atoms with Crippen molar-refractivity contribution in [2.75, 3.05) is 31.1 Å². The molecule has 1 atom stereocenters. The molecule has 1 amide bonds. The molecule has 5 rings (SSSR count). The zero-order chi connectivity index (χ0) is 18.2. The maximum Gasteiger partial charge on any atom is 0.226 e. The Kier molecular flexibility index (Phi) is 4.03. The number of fused-ring (bicyclic) bond motifs is 3. The number of rotatable bonds is 2. The Morgan fingerprint density at radius 2 is 1.89 bits per heavy atom. The average molecular weight is 361 g/mol. The molecule has 1 aliphatic carbocycles. The Hall–Kier alpha value is -2.89. The summed E-state index contributed by atoms with van der Waals surface area (Å²) >= 11 is 0. The number of hydrogen-bond acceptors (Lipinski definition) is 4. The Bertz CT molecular complexity index is 959. The SMILES string of the molecule is O=C(C1CCc2nc3ccccn3c2C1)N1CCN(c2ccccn2)CC1. The van der Waals surface area contributed by atoms with Gasteiger partial charge in [-0.05, 0) is 37.1 Å². The monoisotopic (exact) mass is 361 g/mol. The molecule has 6 heteroatoms. The van der Waals surface area contributed by atoms with Gasteiger partial charge in [-0.2, -0.15) is 0 Å². The lowest BCUT2D eigenvalue weighted by Gasteiger charge is -2.37. The van der Waals surface area contributed by atoms with E-state index in [1.54, 1.807) is 0 Å². The largest absolute Gasteiger partial charge is 0.353 e. The highest BCUT2D eigenvalue weighted by atomic mass is 16.2. The molecule has 138 valence electrons. The van der Waals surface area contributed by atoms with Gasteiger partial charge in [0.05, 0.1) is 5.69 Å². The number of amides is 1. The summed E-state index contributed by atoms with van der Waals surface area (Å²) in [5.74, 6) is 1.36. The van der Waals surface area contributed by atoms with Gasteiger partial charge >= 0.3 is 0 Å². The number of nitrogens with zero attached hydrogens (tertiary/aromatic N) is 5. The van der Waals surface area contributed by atoms with Crippen molar-refractivity contribution in [3.8, 4) is 0 Å². The third kappa shape index (κ3) is 2.95. The molecule has 1 saturated heterocycles. The summed E-state index contributed by atoms with van der Waals surface area (Å²) in [7, 11) is 0. The average Bonchev–Trinajstić information content (AvgIpc) is 3.12. The molecule has 0 bridgehead atoms. The van der Waals surface area contributed by atoms with Gasteiger partial charge in [0.15, 0.2) is 0 Å². The van der Waals surface area contributed by atoms with Gasteiger partial charge in [0, 0.05) is 56.6 Å². The van der Waals surface area contributed by atoms with Gasteiger partial charge in [-0.25, -0.2) is 9.97 Å². The van der Waals surface area contributed by atoms with E-state index in [2.05, 4.69) is 20.5 Å². The normalized spacial score (nSPS) is 19.9. The first-order valence-electron chi connectivity index (χ1n) is 9.69. The smallest absolute Gasteiger partial charge is 0.226 e. The number of hydrogen-bond donors (Lipinski definition) is 0. The third-order valence-electron chi connectivity index (χ3n) is 5.79. The van der Waals surface area contributed by atoms with Crippen molar-refractivity contribution in [2.24, 2.45) is 5.92 Å². The zero-order valence-electron chi connectivity index (χ0n) is 15.3. The van der Waals surface area contributed by atoms with Gasteiger partial charge in [-0.3, -0.25) is 4.79 Å². The first-order chi connectivity index (χ1) is 13.3. The van der Waals surface area contributed by atoms with Crippen LogP contribution in [0.5, 0.6) is 0 Å². The minimum atomic E-state index is 0.0685. The minimum absolute atomic E-state index is 0.0685. The first-order valence-corrected chi connectivity index (χ1v) is 9.69. The molecule has 1 unspecified atom stereocenters. The summed E-state index contributed by atoms with van der Waals surface area (Å²) in [6.45, 7) is 3.23. The van der Waals surface area contributed by atoms with Crippen LogP contribution < -0.4 is 4.90 Å². The third-order valence-corrected chi connectivity index (χ3v) is 5.79. The molecular formula is C21H23N5O. The number of carbonyl (C=O) groups is 1. The lowest BCUT2D eigenvalue weighted by molar-refractivity contribution is -0.136. The van der Waals surface area contributed by atoms with Crippen molar-refractivity contribution in [3.05, 3.63) is 60.2 Å². The van der Waals surface area contributed by atoms with E-state index in [4.69, 9.17) is 4.98 Å². The summed E-state index contributed by atoms with van der Waals surface area (Å²) in [4.78, 5) is 26.6. The summed E-state index contributed by atoms with van der Waals surface area (Å²) in [6, 6.07) is 12.0. The predicted molar refractivity (Wildman–Crippen MR) is 104 cm³/mol. The molecule has 1 aliphatic heterocycles. The van der Waals surface area contributed by atoms with E-state index < -0.39 is 0 Å². The van der Waals surface area contributed by atoms with E-state index in [-0.39, 0.29) is 5.92 Å². The van der Waals surface area contributed by atoms with E-state index in [0.29, 0.717) is 5.91 Å². The molecular weight excluding hydrogens is 338 g/mol. The van der Waals surface area contributed by atoms with Crippen molar-refractivity contribution >= 4 is 17.4 Å². The standard InChI is InChI=1S/C21H23N5O/c27-21(25-13-11-24(12-14-25)19-5-1-3-9-22-19)16-7-8-17-18(15-16)26-10-4-2-6-20(26)23-17/h1-6,9-10,16H,7-8,11-15H2. The fourth-order valence-corrected chi connectivity index (χ4v) is 4.32. The fraction of sp³-hybridized carbons (Fsp3) is 0.381. The molecule has 0 N–H and O–H groups in total. The second-order valence-electron chi connectivity index (χ2n) is 7.37. The fourth-order valence-electron chi connectivity index (χ4n) is 4.32. The Balaban J connectivity index is 1.27. The molecule has 2 aliphatic rings. The van der Waals surface area contributed by atoms with Crippen LogP contribution in [-0.4, -0.2) is 51.4 Å². The summed E-state index contributed by atoms with van der Waals surface area (Å²) in [6.07, 6.45) is 6.46. The van der Waals surface area contributed by atoms with E-state index in [1.165, 1.54) is 5.69 Å². The molecule has 4 heterocycles. The summed E-state index contributed by atoms with van der Waals surface area (Å²) < 4.78 is 2.15. The van der Waals surface area contributed by atoms with Gasteiger partial charge in [0.1, 0.15) is 11.5 Å². The minimum Gasteiger partial charge on any atom is -0.353 e. The van der Waals surface area contributed by atoms with Gasteiger partial charge in [-0.15, -0.1) is 0 Å². The number of piperazine rings is 1. The molecule has 0 aromatic carbocycles. The second kappa shape index (κ2) is 6.68. The topological polar surface area (TPSA) is 53.7 Å². The number of carbonyl (C=O) groups excluding carboxylic acids is 1. The zero-order valence-corrected chi connectivity index (χ0v) is 15.3. The maximum atomic E-state index is 13.1. The van der Waals surface area contributed by atoms with Crippen molar-refractivity contribution in [1.82, 2.24) is 19.3 Å². The predicted octanol–water partition coefficient (Wildman–Crippen LogP) is 2.18. The van der Waals surface area contributed by atoms with Crippen LogP contribution in [0.3, 0.4) is 0 Å². The highest BCUT2D eigenvalue weighted by Crippen LogP contribution is 2.28. The molecule has 27 heavy (non-hydrogen) atoms. The molecule has 0 radical (unpaired) electrons. The van der Waals surface area contributed by atoms with Crippen LogP contribution >= 0.6 is 0 Å². The molecule has 0 saturated carbocycles. The van der Waals surface area contributed by atoms with Crippen LogP contribution in [0.2, 0.25) is 0 Å². The Morgan fingerprint density at radius 3 is 2.70 bits per heavy atom. The molecule has 3 aromatic rings. The lowest BCUT2D eigenvalue weighted by atomic mass is 9.88. The molecule has 0 spiro atoms. The first kappa shape index (κ1) is 16.3. The molecule has 6 nitrogen and oxygen atoms in total. The number of aromatic nitrogens is 3.